The second-order valence-electron chi connectivity index (χ2n) is 4.21. The van der Waals surface area contributed by atoms with E-state index in [2.05, 4.69) is 35.8 Å². The molecule has 1 unspecified atom stereocenters. The minimum absolute atomic E-state index is 0.225. The molecule has 0 saturated carbocycles. The van der Waals surface area contributed by atoms with Crippen LogP contribution in [-0.4, -0.2) is 41.3 Å². The summed E-state index contributed by atoms with van der Waals surface area (Å²) in [5, 5.41) is 8.64. The van der Waals surface area contributed by atoms with Gasteiger partial charge in [-0.15, -0.1) is 0 Å². The van der Waals surface area contributed by atoms with Crippen LogP contribution >= 0.6 is 0 Å². The van der Waals surface area contributed by atoms with E-state index in [4.69, 9.17) is 5.11 Å². The number of benzene rings is 1. The van der Waals surface area contributed by atoms with Crippen LogP contribution < -0.4 is 0 Å². The molecule has 94 valence electrons. The number of β-amino-alcohol motifs (C(OH)–C–C–N with tert-alkyl or cyclic N) is 1. The van der Waals surface area contributed by atoms with Gasteiger partial charge in [-0.3, -0.25) is 0 Å². The topological polar surface area (TPSA) is 26.7 Å². The van der Waals surface area contributed by atoms with Crippen molar-refractivity contribution in [1.82, 2.24) is 9.80 Å². The van der Waals surface area contributed by atoms with Crippen LogP contribution in [0, 0.1) is 6.92 Å². The lowest BCUT2D eigenvalue weighted by molar-refractivity contribution is 0.159. The lowest BCUT2D eigenvalue weighted by atomic mass is 10.2. The molecule has 3 heteroatoms. The smallest absolute Gasteiger partial charge is 0.0975 e. The lowest BCUT2D eigenvalue weighted by Crippen LogP contribution is -2.35. The van der Waals surface area contributed by atoms with Gasteiger partial charge in [0.25, 0.3) is 0 Å². The molecule has 3 nitrogen and oxygen atoms in total. The molecule has 1 N–H and O–H groups in total. The second kappa shape index (κ2) is 6.97. The van der Waals surface area contributed by atoms with Gasteiger partial charge in [-0.25, -0.2) is 0 Å². The van der Waals surface area contributed by atoms with Crippen LogP contribution in [0.25, 0.3) is 0 Å². The van der Waals surface area contributed by atoms with Gasteiger partial charge in [0.15, 0.2) is 0 Å². The standard InChI is InChI=1S/C7H14N2O.C7H8/c1-7-8(2)3-4-9(7)5-6-10;1-7-5-3-2-4-6-7/h3-4,7,10H,5-6H2,1-2H3;2-6H,1H3. The van der Waals surface area contributed by atoms with Crippen molar-refractivity contribution in [3.8, 4) is 0 Å². The van der Waals surface area contributed by atoms with Gasteiger partial charge in [0.2, 0.25) is 0 Å². The quantitative estimate of drug-likeness (QED) is 0.848. The first-order valence-corrected chi connectivity index (χ1v) is 5.93. The Morgan fingerprint density at radius 2 is 1.82 bits per heavy atom. The van der Waals surface area contributed by atoms with Crippen molar-refractivity contribution in [2.24, 2.45) is 0 Å². The van der Waals surface area contributed by atoms with E-state index in [1.165, 1.54) is 5.56 Å². The molecule has 0 saturated heterocycles. The Hall–Kier alpha value is -1.48. The zero-order chi connectivity index (χ0) is 12.7. The molecule has 0 spiro atoms. The van der Waals surface area contributed by atoms with E-state index in [-0.39, 0.29) is 6.61 Å². The van der Waals surface area contributed by atoms with Crippen molar-refractivity contribution < 1.29 is 5.11 Å². The van der Waals surface area contributed by atoms with Crippen LogP contribution in [0.4, 0.5) is 0 Å². The molecule has 0 bridgehead atoms. The summed E-state index contributed by atoms with van der Waals surface area (Å²) in [5.74, 6) is 0. The summed E-state index contributed by atoms with van der Waals surface area (Å²) in [6.07, 6.45) is 4.41. The van der Waals surface area contributed by atoms with Crippen molar-refractivity contribution >= 4 is 0 Å². The summed E-state index contributed by atoms with van der Waals surface area (Å²) in [6.45, 7) is 5.14. The van der Waals surface area contributed by atoms with Gasteiger partial charge >= 0.3 is 0 Å². The third-order valence-corrected chi connectivity index (χ3v) is 2.86. The molecule has 17 heavy (non-hydrogen) atoms. The summed E-state index contributed by atoms with van der Waals surface area (Å²) in [7, 11) is 2.03. The molecule has 1 aliphatic heterocycles. The lowest BCUT2D eigenvalue weighted by Gasteiger charge is -2.26. The largest absolute Gasteiger partial charge is 0.395 e. The Labute approximate surface area is 104 Å². The van der Waals surface area contributed by atoms with Crippen LogP contribution in [0.2, 0.25) is 0 Å². The third-order valence-electron chi connectivity index (χ3n) is 2.86. The molecule has 0 fully saturated rings. The molecular weight excluding hydrogens is 212 g/mol. The summed E-state index contributed by atoms with van der Waals surface area (Å²) in [6, 6.07) is 10.3. The van der Waals surface area contributed by atoms with Crippen molar-refractivity contribution in [2.75, 3.05) is 20.2 Å². The van der Waals surface area contributed by atoms with E-state index >= 15 is 0 Å². The number of aliphatic hydroxyl groups is 1. The van der Waals surface area contributed by atoms with Crippen LogP contribution in [0.3, 0.4) is 0 Å². The van der Waals surface area contributed by atoms with Crippen LogP contribution in [0.5, 0.6) is 0 Å². The number of rotatable bonds is 2. The minimum atomic E-state index is 0.225. The van der Waals surface area contributed by atoms with Crippen molar-refractivity contribution in [3.05, 3.63) is 48.3 Å². The fourth-order valence-electron chi connectivity index (χ4n) is 1.59. The van der Waals surface area contributed by atoms with Crippen molar-refractivity contribution in [1.29, 1.82) is 0 Å². The van der Waals surface area contributed by atoms with Crippen molar-refractivity contribution in [2.45, 2.75) is 20.0 Å². The Kier molecular flexibility index (Phi) is 5.57. The van der Waals surface area contributed by atoms with Crippen LogP contribution in [0.1, 0.15) is 12.5 Å². The molecule has 1 aromatic carbocycles. The number of hydrogen-bond acceptors (Lipinski definition) is 3. The van der Waals surface area contributed by atoms with E-state index in [1.807, 2.05) is 37.6 Å². The molecule has 1 aliphatic rings. The van der Waals surface area contributed by atoms with E-state index in [0.29, 0.717) is 6.17 Å². The van der Waals surface area contributed by atoms with Gasteiger partial charge in [0, 0.05) is 26.0 Å². The molecule has 2 rings (SSSR count). The van der Waals surface area contributed by atoms with Gasteiger partial charge in [-0.1, -0.05) is 35.9 Å². The highest BCUT2D eigenvalue weighted by molar-refractivity contribution is 5.11. The maximum Gasteiger partial charge on any atom is 0.0975 e. The maximum absolute atomic E-state index is 8.64. The fraction of sp³-hybridized carbons (Fsp3) is 0.429. The Bertz CT molecular complexity index is 337. The molecule has 0 aromatic heterocycles. The Balaban J connectivity index is 0.000000181. The average Bonchev–Trinajstić information content (AvgIpc) is 2.64. The first-order chi connectivity index (χ1) is 8.15. The van der Waals surface area contributed by atoms with Gasteiger partial charge in [0.05, 0.1) is 12.8 Å². The minimum Gasteiger partial charge on any atom is -0.395 e. The van der Waals surface area contributed by atoms with Gasteiger partial charge < -0.3 is 14.9 Å². The summed E-state index contributed by atoms with van der Waals surface area (Å²) in [5.41, 5.74) is 1.32. The van der Waals surface area contributed by atoms with Crippen molar-refractivity contribution in [3.63, 3.8) is 0 Å². The maximum atomic E-state index is 8.64. The predicted octanol–water partition coefficient (Wildman–Crippen LogP) is 2.04. The number of aliphatic hydroxyl groups excluding tert-OH is 1. The molecule has 1 heterocycles. The molecule has 0 amide bonds. The zero-order valence-corrected chi connectivity index (χ0v) is 10.9. The van der Waals surface area contributed by atoms with Gasteiger partial charge in [-0.2, -0.15) is 0 Å². The Morgan fingerprint density at radius 3 is 2.18 bits per heavy atom. The number of hydrogen-bond donors (Lipinski definition) is 1. The molecule has 0 aliphatic carbocycles. The third kappa shape index (κ3) is 4.49. The second-order valence-corrected chi connectivity index (χ2v) is 4.21. The van der Waals surface area contributed by atoms with Crippen LogP contribution in [-0.2, 0) is 0 Å². The first-order valence-electron chi connectivity index (χ1n) is 5.93. The highest BCUT2D eigenvalue weighted by atomic mass is 16.3. The molecular formula is C14H22N2O. The first kappa shape index (κ1) is 13.6. The van der Waals surface area contributed by atoms with E-state index in [1.54, 1.807) is 0 Å². The number of nitrogens with zero attached hydrogens (tertiary/aromatic N) is 2. The monoisotopic (exact) mass is 234 g/mol. The molecule has 1 atom stereocenters. The van der Waals surface area contributed by atoms with E-state index in [0.717, 1.165) is 6.54 Å². The van der Waals surface area contributed by atoms with Gasteiger partial charge in [0.1, 0.15) is 0 Å². The Morgan fingerprint density at radius 1 is 1.18 bits per heavy atom. The number of aryl methyl sites for hydroxylation is 1. The van der Waals surface area contributed by atoms with E-state index < -0.39 is 0 Å². The zero-order valence-electron chi connectivity index (χ0n) is 10.9. The SMILES string of the molecule is CC1N(C)C=CN1CCO.Cc1ccccc1. The fourth-order valence-corrected chi connectivity index (χ4v) is 1.59. The summed E-state index contributed by atoms with van der Waals surface area (Å²) >= 11 is 0. The average molecular weight is 234 g/mol. The molecule has 1 aromatic rings. The summed E-state index contributed by atoms with van der Waals surface area (Å²) in [4.78, 5) is 4.20. The van der Waals surface area contributed by atoms with Gasteiger partial charge in [-0.05, 0) is 13.8 Å². The predicted molar refractivity (Wildman–Crippen MR) is 71.3 cm³/mol. The van der Waals surface area contributed by atoms with Crippen LogP contribution in [0.15, 0.2) is 42.7 Å². The molecule has 0 radical (unpaired) electrons. The highest BCUT2D eigenvalue weighted by Crippen LogP contribution is 2.11. The van der Waals surface area contributed by atoms with E-state index in [9.17, 15) is 0 Å². The highest BCUT2D eigenvalue weighted by Gasteiger charge is 2.16. The summed E-state index contributed by atoms with van der Waals surface area (Å²) < 4.78 is 0. The normalized spacial score (nSPS) is 18.0.